The normalized spacial score (nSPS) is 19.8. The fourth-order valence-electron chi connectivity index (χ4n) is 3.58. The van der Waals surface area contributed by atoms with Crippen molar-refractivity contribution in [2.75, 3.05) is 32.8 Å². The van der Waals surface area contributed by atoms with Crippen molar-refractivity contribution < 1.29 is 14.3 Å². The van der Waals surface area contributed by atoms with Gasteiger partial charge in [0.15, 0.2) is 0 Å². The highest BCUT2D eigenvalue weighted by molar-refractivity contribution is 5.96. The molecule has 1 saturated carbocycles. The largest absolute Gasteiger partial charge is 0.490 e. The van der Waals surface area contributed by atoms with Gasteiger partial charge in [0, 0.05) is 25.7 Å². The van der Waals surface area contributed by atoms with Crippen molar-refractivity contribution in [3.05, 3.63) is 29.8 Å². The highest BCUT2D eigenvalue weighted by Crippen LogP contribution is 2.27. The van der Waals surface area contributed by atoms with Crippen LogP contribution in [0.2, 0.25) is 0 Å². The number of hydrogen-bond donors (Lipinski definition) is 1. The monoisotopic (exact) mass is 360 g/mol. The molecule has 5 nitrogen and oxygen atoms in total. The van der Waals surface area contributed by atoms with Crippen LogP contribution in [0, 0.1) is 5.92 Å². The molecule has 2 aliphatic rings. The Labute approximate surface area is 157 Å². The zero-order valence-electron chi connectivity index (χ0n) is 16.1. The molecule has 1 saturated heterocycles. The van der Waals surface area contributed by atoms with E-state index in [4.69, 9.17) is 9.47 Å². The molecule has 2 fully saturated rings. The molecule has 5 heteroatoms. The summed E-state index contributed by atoms with van der Waals surface area (Å²) in [5, 5.41) is 3.15. The van der Waals surface area contributed by atoms with Gasteiger partial charge >= 0.3 is 0 Å². The molecular weight excluding hydrogens is 328 g/mol. The molecule has 0 bridgehead atoms. The van der Waals surface area contributed by atoms with Crippen LogP contribution < -0.4 is 10.1 Å². The molecule has 1 atom stereocenters. The van der Waals surface area contributed by atoms with Gasteiger partial charge in [0.1, 0.15) is 5.75 Å². The Morgan fingerprint density at radius 2 is 2.00 bits per heavy atom. The summed E-state index contributed by atoms with van der Waals surface area (Å²) < 4.78 is 11.5. The van der Waals surface area contributed by atoms with Crippen LogP contribution >= 0.6 is 0 Å². The lowest BCUT2D eigenvalue weighted by Gasteiger charge is -2.35. The minimum Gasteiger partial charge on any atom is -0.490 e. The summed E-state index contributed by atoms with van der Waals surface area (Å²) >= 11 is 0. The lowest BCUT2D eigenvalue weighted by molar-refractivity contribution is 0.0124. The van der Waals surface area contributed by atoms with E-state index in [0.717, 1.165) is 45.6 Å². The third-order valence-electron chi connectivity index (χ3n) is 5.28. The molecule has 0 spiro atoms. The van der Waals surface area contributed by atoms with E-state index in [2.05, 4.69) is 24.1 Å². The van der Waals surface area contributed by atoms with Crippen LogP contribution in [0.3, 0.4) is 0 Å². The first kappa shape index (κ1) is 19.2. The number of carbonyl (C=O) groups excluding carboxylic acids is 1. The van der Waals surface area contributed by atoms with Gasteiger partial charge < -0.3 is 14.8 Å². The van der Waals surface area contributed by atoms with Gasteiger partial charge in [-0.2, -0.15) is 0 Å². The van der Waals surface area contributed by atoms with Crippen LogP contribution in [0.1, 0.15) is 49.9 Å². The van der Waals surface area contributed by atoms with Gasteiger partial charge in [0.25, 0.3) is 5.91 Å². The number of para-hydroxylation sites is 1. The van der Waals surface area contributed by atoms with Gasteiger partial charge in [-0.3, -0.25) is 9.69 Å². The van der Waals surface area contributed by atoms with E-state index in [-0.39, 0.29) is 12.0 Å². The molecule has 3 rings (SSSR count). The third-order valence-corrected chi connectivity index (χ3v) is 5.28. The summed E-state index contributed by atoms with van der Waals surface area (Å²) in [6.45, 7) is 8.56. The number of ether oxygens (including phenoxy) is 2. The minimum absolute atomic E-state index is 0.0399. The smallest absolute Gasteiger partial charge is 0.255 e. The second kappa shape index (κ2) is 9.38. The molecule has 1 aliphatic carbocycles. The maximum atomic E-state index is 12.8. The predicted molar refractivity (Wildman–Crippen MR) is 103 cm³/mol. The fourth-order valence-corrected chi connectivity index (χ4v) is 3.58. The number of carbonyl (C=O) groups is 1. The Bertz CT molecular complexity index is 580. The third kappa shape index (κ3) is 5.21. The molecule has 1 unspecified atom stereocenters. The number of amides is 1. The van der Waals surface area contributed by atoms with Crippen LogP contribution in [0.4, 0.5) is 0 Å². The number of benzene rings is 1. The van der Waals surface area contributed by atoms with E-state index in [9.17, 15) is 4.79 Å². The Hall–Kier alpha value is -1.59. The lowest BCUT2D eigenvalue weighted by atomic mass is 9.96. The Balaban J connectivity index is 1.60. The van der Waals surface area contributed by atoms with Crippen LogP contribution in [0.5, 0.6) is 5.75 Å². The van der Waals surface area contributed by atoms with E-state index in [1.165, 1.54) is 6.42 Å². The maximum Gasteiger partial charge on any atom is 0.255 e. The molecule has 0 radical (unpaired) electrons. The van der Waals surface area contributed by atoms with Crippen LogP contribution in [-0.4, -0.2) is 55.8 Å². The van der Waals surface area contributed by atoms with Crippen molar-refractivity contribution in [1.82, 2.24) is 10.2 Å². The van der Waals surface area contributed by atoms with E-state index >= 15 is 0 Å². The van der Waals surface area contributed by atoms with Gasteiger partial charge in [0.2, 0.25) is 0 Å². The average molecular weight is 360 g/mol. The van der Waals surface area contributed by atoms with Crippen LogP contribution in [0.15, 0.2) is 24.3 Å². The molecule has 1 amide bonds. The molecular formula is C21H32N2O3. The quantitative estimate of drug-likeness (QED) is 0.774. The first-order chi connectivity index (χ1) is 12.6. The van der Waals surface area contributed by atoms with Gasteiger partial charge in [-0.05, 0) is 43.7 Å². The predicted octanol–water partition coefficient (Wildman–Crippen LogP) is 3.09. The molecule has 144 valence electrons. The van der Waals surface area contributed by atoms with E-state index in [1.54, 1.807) is 0 Å². The molecule has 1 aliphatic heterocycles. The number of hydrogen-bond acceptors (Lipinski definition) is 4. The van der Waals surface area contributed by atoms with Gasteiger partial charge in [0.05, 0.1) is 24.9 Å². The Kier molecular flexibility index (Phi) is 6.92. The van der Waals surface area contributed by atoms with Crippen molar-refractivity contribution >= 4 is 5.91 Å². The first-order valence-corrected chi connectivity index (χ1v) is 9.99. The standard InChI is InChI=1S/C21H32N2O3/c1-16(2)14-17(23-10-12-25-13-11-23)15-22-21(24)19-8-3-4-9-20(19)26-18-6-5-7-18/h3-4,8-9,16-18H,5-7,10-15H2,1-2H3,(H,22,24). The molecule has 1 aromatic rings. The van der Waals surface area contributed by atoms with E-state index in [1.807, 2.05) is 24.3 Å². The van der Waals surface area contributed by atoms with Crippen molar-refractivity contribution in [3.63, 3.8) is 0 Å². The molecule has 1 N–H and O–H groups in total. The average Bonchev–Trinajstić information content (AvgIpc) is 2.62. The second-order valence-electron chi connectivity index (χ2n) is 7.81. The SMILES string of the molecule is CC(C)CC(CNC(=O)c1ccccc1OC1CCC1)N1CCOCC1. The zero-order chi connectivity index (χ0) is 18.4. The molecule has 0 aromatic heterocycles. The summed E-state index contributed by atoms with van der Waals surface area (Å²) in [5.74, 6) is 1.26. The van der Waals surface area contributed by atoms with Crippen LogP contribution in [0.25, 0.3) is 0 Å². The minimum atomic E-state index is -0.0399. The van der Waals surface area contributed by atoms with Crippen molar-refractivity contribution in [3.8, 4) is 5.75 Å². The Morgan fingerprint density at radius 3 is 2.65 bits per heavy atom. The summed E-state index contributed by atoms with van der Waals surface area (Å²) in [6, 6.07) is 7.94. The molecule has 1 aromatic carbocycles. The van der Waals surface area contributed by atoms with Crippen LogP contribution in [-0.2, 0) is 4.74 Å². The molecule has 26 heavy (non-hydrogen) atoms. The van der Waals surface area contributed by atoms with Crippen molar-refractivity contribution in [2.45, 2.75) is 51.7 Å². The van der Waals surface area contributed by atoms with Crippen molar-refractivity contribution in [1.29, 1.82) is 0 Å². The van der Waals surface area contributed by atoms with Crippen molar-refractivity contribution in [2.24, 2.45) is 5.92 Å². The lowest BCUT2D eigenvalue weighted by Crippen LogP contribution is -2.49. The number of nitrogens with zero attached hydrogens (tertiary/aromatic N) is 1. The van der Waals surface area contributed by atoms with Gasteiger partial charge in [-0.25, -0.2) is 0 Å². The first-order valence-electron chi connectivity index (χ1n) is 9.99. The Morgan fingerprint density at radius 1 is 1.27 bits per heavy atom. The summed E-state index contributed by atoms with van der Waals surface area (Å²) in [6.07, 6.45) is 4.73. The molecule has 1 heterocycles. The van der Waals surface area contributed by atoms with E-state index in [0.29, 0.717) is 29.8 Å². The summed E-state index contributed by atoms with van der Waals surface area (Å²) in [4.78, 5) is 15.2. The summed E-state index contributed by atoms with van der Waals surface area (Å²) in [7, 11) is 0. The fraction of sp³-hybridized carbons (Fsp3) is 0.667. The topological polar surface area (TPSA) is 50.8 Å². The highest BCUT2D eigenvalue weighted by atomic mass is 16.5. The maximum absolute atomic E-state index is 12.8. The number of nitrogens with one attached hydrogen (secondary N) is 1. The van der Waals surface area contributed by atoms with Gasteiger partial charge in [-0.1, -0.05) is 26.0 Å². The zero-order valence-corrected chi connectivity index (χ0v) is 16.1. The van der Waals surface area contributed by atoms with E-state index < -0.39 is 0 Å². The second-order valence-corrected chi connectivity index (χ2v) is 7.81. The number of morpholine rings is 1. The number of rotatable bonds is 8. The highest BCUT2D eigenvalue weighted by Gasteiger charge is 2.24. The van der Waals surface area contributed by atoms with Gasteiger partial charge in [-0.15, -0.1) is 0 Å². The summed E-state index contributed by atoms with van der Waals surface area (Å²) in [5.41, 5.74) is 0.643.